The summed E-state index contributed by atoms with van der Waals surface area (Å²) in [7, 11) is 1.91. The molecule has 0 spiro atoms. The minimum absolute atomic E-state index is 0.612. The molecule has 0 atom stereocenters. The quantitative estimate of drug-likeness (QED) is 0.935. The lowest BCUT2D eigenvalue weighted by Gasteiger charge is -2.12. The van der Waals surface area contributed by atoms with Gasteiger partial charge in [-0.2, -0.15) is 0 Å². The first-order valence-electron chi connectivity index (χ1n) is 7.21. The van der Waals surface area contributed by atoms with E-state index in [-0.39, 0.29) is 0 Å². The number of hydrogen-bond donors (Lipinski definition) is 1. The van der Waals surface area contributed by atoms with E-state index in [0.29, 0.717) is 5.92 Å². The summed E-state index contributed by atoms with van der Waals surface area (Å²) >= 11 is 1.68. The Bertz CT molecular complexity index is 587. The van der Waals surface area contributed by atoms with E-state index in [0.717, 1.165) is 28.8 Å². The highest BCUT2D eigenvalue weighted by Gasteiger charge is 2.20. The van der Waals surface area contributed by atoms with Gasteiger partial charge >= 0.3 is 0 Å². The Morgan fingerprint density at radius 2 is 2.05 bits per heavy atom. The molecule has 0 saturated heterocycles. The summed E-state index contributed by atoms with van der Waals surface area (Å²) in [6.45, 7) is 2.03. The van der Waals surface area contributed by atoms with Crippen molar-refractivity contribution in [3.63, 3.8) is 0 Å². The van der Waals surface area contributed by atoms with Crippen LogP contribution in [0.25, 0.3) is 0 Å². The maximum absolute atomic E-state index is 4.78. The normalized spacial score (nSPS) is 15.7. The number of rotatable bonds is 4. The average Bonchev–Trinajstić information content (AvgIpc) is 3.10. The second-order valence-electron chi connectivity index (χ2n) is 5.36. The van der Waals surface area contributed by atoms with E-state index in [1.54, 1.807) is 11.3 Å². The van der Waals surface area contributed by atoms with Gasteiger partial charge in [0.15, 0.2) is 0 Å². The first-order valence-corrected chi connectivity index (χ1v) is 8.09. The van der Waals surface area contributed by atoms with Gasteiger partial charge in [0.1, 0.15) is 11.6 Å². The van der Waals surface area contributed by atoms with Crippen LogP contribution in [0.3, 0.4) is 0 Å². The fourth-order valence-corrected chi connectivity index (χ4v) is 3.42. The van der Waals surface area contributed by atoms with Gasteiger partial charge in [0.25, 0.3) is 0 Å². The van der Waals surface area contributed by atoms with Crippen LogP contribution in [0.15, 0.2) is 11.4 Å². The van der Waals surface area contributed by atoms with Crippen LogP contribution in [-0.2, 0) is 6.42 Å². The second kappa shape index (κ2) is 5.87. The Morgan fingerprint density at radius 3 is 2.70 bits per heavy atom. The van der Waals surface area contributed by atoms with E-state index in [4.69, 9.17) is 4.98 Å². The zero-order valence-electron chi connectivity index (χ0n) is 12.0. The van der Waals surface area contributed by atoms with Gasteiger partial charge in [0.2, 0.25) is 0 Å². The van der Waals surface area contributed by atoms with Gasteiger partial charge in [-0.15, -0.1) is 11.3 Å². The second-order valence-corrected chi connectivity index (χ2v) is 6.42. The lowest BCUT2D eigenvalue weighted by Crippen LogP contribution is -2.07. The van der Waals surface area contributed by atoms with Crippen molar-refractivity contribution in [1.29, 1.82) is 0 Å². The molecule has 20 heavy (non-hydrogen) atoms. The van der Waals surface area contributed by atoms with Crippen molar-refractivity contribution in [3.8, 4) is 0 Å². The molecule has 1 aliphatic carbocycles. The van der Waals surface area contributed by atoms with E-state index in [1.807, 2.05) is 14.0 Å². The highest BCUT2D eigenvalue weighted by Crippen LogP contribution is 2.33. The van der Waals surface area contributed by atoms with Gasteiger partial charge in [0, 0.05) is 30.1 Å². The molecule has 0 bridgehead atoms. The number of nitrogens with zero attached hydrogens (tertiary/aromatic N) is 3. The number of anilines is 1. The van der Waals surface area contributed by atoms with Gasteiger partial charge in [-0.3, -0.25) is 0 Å². The SMILES string of the molecule is CNc1cc(C2CCCC2)nc(Cc2csc(C)n2)n1. The van der Waals surface area contributed by atoms with Crippen LogP contribution in [0, 0.1) is 6.92 Å². The minimum Gasteiger partial charge on any atom is -0.373 e. The van der Waals surface area contributed by atoms with Crippen LogP contribution in [0.5, 0.6) is 0 Å². The fourth-order valence-electron chi connectivity index (χ4n) is 2.81. The summed E-state index contributed by atoms with van der Waals surface area (Å²) in [4.78, 5) is 13.9. The molecule has 1 saturated carbocycles. The summed E-state index contributed by atoms with van der Waals surface area (Å²) in [5.41, 5.74) is 2.27. The molecule has 0 aliphatic heterocycles. The molecule has 0 unspecified atom stereocenters. The molecule has 5 heteroatoms. The van der Waals surface area contributed by atoms with Gasteiger partial charge in [-0.1, -0.05) is 12.8 Å². The van der Waals surface area contributed by atoms with Crippen LogP contribution in [0.4, 0.5) is 5.82 Å². The smallest absolute Gasteiger partial charge is 0.136 e. The lowest BCUT2D eigenvalue weighted by atomic mass is 10.0. The first kappa shape index (κ1) is 13.5. The Labute approximate surface area is 123 Å². The summed E-state index contributed by atoms with van der Waals surface area (Å²) in [6.07, 6.45) is 5.89. The third-order valence-electron chi connectivity index (χ3n) is 3.83. The van der Waals surface area contributed by atoms with Gasteiger partial charge in [-0.25, -0.2) is 15.0 Å². The van der Waals surface area contributed by atoms with Crippen LogP contribution in [0.1, 0.15) is 53.8 Å². The van der Waals surface area contributed by atoms with E-state index in [9.17, 15) is 0 Å². The van der Waals surface area contributed by atoms with E-state index < -0.39 is 0 Å². The van der Waals surface area contributed by atoms with Crippen molar-refractivity contribution in [2.24, 2.45) is 0 Å². The molecular formula is C15H20N4S. The summed E-state index contributed by atoms with van der Waals surface area (Å²) in [5, 5.41) is 6.35. The summed E-state index contributed by atoms with van der Waals surface area (Å²) in [5.74, 6) is 2.41. The maximum Gasteiger partial charge on any atom is 0.136 e. The van der Waals surface area contributed by atoms with Crippen LogP contribution < -0.4 is 5.32 Å². The molecule has 0 amide bonds. The molecule has 2 heterocycles. The molecule has 4 nitrogen and oxygen atoms in total. The predicted molar refractivity (Wildman–Crippen MR) is 82.4 cm³/mol. The number of aryl methyl sites for hydroxylation is 1. The maximum atomic E-state index is 4.78. The highest BCUT2D eigenvalue weighted by atomic mass is 32.1. The molecular weight excluding hydrogens is 268 g/mol. The average molecular weight is 288 g/mol. The first-order chi connectivity index (χ1) is 9.74. The monoisotopic (exact) mass is 288 g/mol. The van der Waals surface area contributed by atoms with Crippen molar-refractivity contribution in [2.45, 2.75) is 44.9 Å². The van der Waals surface area contributed by atoms with E-state index >= 15 is 0 Å². The molecule has 1 aliphatic rings. The van der Waals surface area contributed by atoms with Crippen molar-refractivity contribution >= 4 is 17.2 Å². The molecule has 2 aromatic rings. The Hall–Kier alpha value is -1.49. The van der Waals surface area contributed by atoms with Gasteiger partial charge < -0.3 is 5.32 Å². The summed E-state index contributed by atoms with van der Waals surface area (Å²) < 4.78 is 0. The van der Waals surface area contributed by atoms with Crippen LogP contribution in [-0.4, -0.2) is 22.0 Å². The van der Waals surface area contributed by atoms with E-state index in [2.05, 4.69) is 26.7 Å². The third kappa shape index (κ3) is 2.98. The molecule has 0 radical (unpaired) electrons. The number of hydrogen-bond acceptors (Lipinski definition) is 5. The number of aromatic nitrogens is 3. The molecule has 1 N–H and O–H groups in total. The largest absolute Gasteiger partial charge is 0.373 e. The van der Waals surface area contributed by atoms with Crippen molar-refractivity contribution < 1.29 is 0 Å². The molecule has 3 rings (SSSR count). The van der Waals surface area contributed by atoms with Crippen LogP contribution in [0.2, 0.25) is 0 Å². The molecule has 106 valence electrons. The Balaban J connectivity index is 1.87. The van der Waals surface area contributed by atoms with Gasteiger partial charge in [0.05, 0.1) is 17.1 Å². The van der Waals surface area contributed by atoms with Crippen molar-refractivity contribution in [2.75, 3.05) is 12.4 Å². The fraction of sp³-hybridized carbons (Fsp3) is 0.533. The number of nitrogens with one attached hydrogen (secondary N) is 1. The third-order valence-corrected chi connectivity index (χ3v) is 4.65. The van der Waals surface area contributed by atoms with E-state index in [1.165, 1.54) is 31.4 Å². The highest BCUT2D eigenvalue weighted by molar-refractivity contribution is 7.09. The zero-order chi connectivity index (χ0) is 13.9. The molecule has 1 fully saturated rings. The standard InChI is InChI=1S/C15H20N4S/c1-10-17-12(9-20-10)7-15-18-13(8-14(16-2)19-15)11-5-3-4-6-11/h8-9,11H,3-7H2,1-2H3,(H,16,18,19). The van der Waals surface area contributed by atoms with Gasteiger partial charge in [-0.05, 0) is 19.8 Å². The Morgan fingerprint density at radius 1 is 1.25 bits per heavy atom. The summed E-state index contributed by atoms with van der Waals surface area (Å²) in [6, 6.07) is 2.10. The predicted octanol–water partition coefficient (Wildman–Crippen LogP) is 3.53. The van der Waals surface area contributed by atoms with Crippen molar-refractivity contribution in [1.82, 2.24) is 15.0 Å². The molecule has 2 aromatic heterocycles. The number of thiazole rings is 1. The molecule has 0 aromatic carbocycles. The lowest BCUT2D eigenvalue weighted by molar-refractivity contribution is 0.686. The topological polar surface area (TPSA) is 50.7 Å². The Kier molecular flexibility index (Phi) is 3.96. The van der Waals surface area contributed by atoms with Crippen LogP contribution >= 0.6 is 11.3 Å². The van der Waals surface area contributed by atoms with Crippen molar-refractivity contribution in [3.05, 3.63) is 33.7 Å². The minimum atomic E-state index is 0.612. The zero-order valence-corrected chi connectivity index (χ0v) is 12.8.